The summed E-state index contributed by atoms with van der Waals surface area (Å²) in [6, 6.07) is 13.8. The molecule has 1 fully saturated rings. The first-order chi connectivity index (χ1) is 12.5. The van der Waals surface area contributed by atoms with Crippen molar-refractivity contribution in [2.45, 2.75) is 24.8 Å². The molecular weight excluding hydrogens is 332 g/mol. The number of hydrogen-bond donors (Lipinski definition) is 2. The number of nitrogens with one attached hydrogen (secondary N) is 1. The van der Waals surface area contributed by atoms with Crippen LogP contribution in [0.25, 0.3) is 0 Å². The highest BCUT2D eigenvalue weighted by Gasteiger charge is 2.36. The van der Waals surface area contributed by atoms with Gasteiger partial charge in [-0.05, 0) is 48.7 Å². The van der Waals surface area contributed by atoms with Crippen molar-refractivity contribution in [3.8, 4) is 0 Å². The summed E-state index contributed by atoms with van der Waals surface area (Å²) in [6.07, 6.45) is 2.03. The van der Waals surface area contributed by atoms with Gasteiger partial charge in [-0.2, -0.15) is 0 Å². The normalized spacial score (nSPS) is 18.3. The van der Waals surface area contributed by atoms with Crippen molar-refractivity contribution in [2.75, 3.05) is 11.4 Å². The molecule has 2 aliphatic rings. The van der Waals surface area contributed by atoms with Crippen molar-refractivity contribution in [3.05, 3.63) is 65.2 Å². The monoisotopic (exact) mass is 350 g/mol. The van der Waals surface area contributed by atoms with E-state index >= 15 is 0 Å². The Bertz CT molecular complexity index is 887. The summed E-state index contributed by atoms with van der Waals surface area (Å²) in [5.41, 5.74) is 2.21. The van der Waals surface area contributed by atoms with Gasteiger partial charge in [-0.15, -0.1) is 0 Å². The van der Waals surface area contributed by atoms with Crippen molar-refractivity contribution < 1.29 is 19.5 Å². The summed E-state index contributed by atoms with van der Waals surface area (Å²) in [4.78, 5) is 37.9. The SMILES string of the molecule is O=C(NC1CC1)c1ccc(C(=O)N2CC(C(=O)O)c3ccccc32)cc1. The predicted octanol–water partition coefficient (Wildman–Crippen LogP) is 2.41. The van der Waals surface area contributed by atoms with Crippen LogP contribution in [0, 0.1) is 0 Å². The fourth-order valence-corrected chi connectivity index (χ4v) is 3.23. The number of para-hydroxylation sites is 1. The summed E-state index contributed by atoms with van der Waals surface area (Å²) in [5.74, 6) is -2.07. The van der Waals surface area contributed by atoms with E-state index in [4.69, 9.17) is 0 Å². The Balaban J connectivity index is 1.56. The van der Waals surface area contributed by atoms with Crippen LogP contribution in [-0.4, -0.2) is 35.5 Å². The molecule has 2 N–H and O–H groups in total. The fraction of sp³-hybridized carbons (Fsp3) is 0.250. The second-order valence-electron chi connectivity index (χ2n) is 6.69. The van der Waals surface area contributed by atoms with E-state index in [2.05, 4.69) is 5.32 Å². The van der Waals surface area contributed by atoms with Crippen LogP contribution in [0.3, 0.4) is 0 Å². The maximum Gasteiger partial charge on any atom is 0.312 e. The Morgan fingerprint density at radius 2 is 1.62 bits per heavy atom. The number of carboxylic acids is 1. The highest BCUT2D eigenvalue weighted by Crippen LogP contribution is 2.37. The number of fused-ring (bicyclic) bond motifs is 1. The number of carbonyl (C=O) groups is 3. The third-order valence-corrected chi connectivity index (χ3v) is 4.82. The molecule has 0 saturated heterocycles. The number of hydrogen-bond acceptors (Lipinski definition) is 3. The molecule has 1 heterocycles. The maximum atomic E-state index is 12.9. The lowest BCUT2D eigenvalue weighted by molar-refractivity contribution is -0.138. The number of nitrogens with zero attached hydrogens (tertiary/aromatic N) is 1. The third-order valence-electron chi connectivity index (χ3n) is 4.82. The second-order valence-corrected chi connectivity index (χ2v) is 6.69. The van der Waals surface area contributed by atoms with Gasteiger partial charge in [0.25, 0.3) is 11.8 Å². The van der Waals surface area contributed by atoms with Crippen LogP contribution in [0.4, 0.5) is 5.69 Å². The maximum absolute atomic E-state index is 12.9. The minimum absolute atomic E-state index is 0.109. The summed E-state index contributed by atoms with van der Waals surface area (Å²) in [7, 11) is 0. The van der Waals surface area contributed by atoms with Gasteiger partial charge in [0.15, 0.2) is 0 Å². The first kappa shape index (κ1) is 16.3. The Kier molecular flexibility index (Phi) is 3.95. The van der Waals surface area contributed by atoms with Crippen LogP contribution in [0.2, 0.25) is 0 Å². The van der Waals surface area contributed by atoms with E-state index in [1.54, 1.807) is 48.5 Å². The summed E-state index contributed by atoms with van der Waals surface area (Å²) >= 11 is 0. The zero-order valence-electron chi connectivity index (χ0n) is 14.0. The van der Waals surface area contributed by atoms with Gasteiger partial charge in [-0.1, -0.05) is 18.2 Å². The van der Waals surface area contributed by atoms with Crippen molar-refractivity contribution >= 4 is 23.5 Å². The molecule has 1 atom stereocenters. The van der Waals surface area contributed by atoms with Gasteiger partial charge in [0.1, 0.15) is 5.92 Å². The van der Waals surface area contributed by atoms with Crippen molar-refractivity contribution in [2.24, 2.45) is 0 Å². The summed E-state index contributed by atoms with van der Waals surface area (Å²) in [6.45, 7) is 0.109. The lowest BCUT2D eigenvalue weighted by Crippen LogP contribution is -2.31. The largest absolute Gasteiger partial charge is 0.481 e. The predicted molar refractivity (Wildman–Crippen MR) is 95.4 cm³/mol. The quantitative estimate of drug-likeness (QED) is 0.886. The minimum Gasteiger partial charge on any atom is -0.481 e. The second kappa shape index (κ2) is 6.29. The molecule has 2 aromatic rings. The fourth-order valence-electron chi connectivity index (χ4n) is 3.23. The van der Waals surface area contributed by atoms with E-state index in [0.29, 0.717) is 22.4 Å². The zero-order chi connectivity index (χ0) is 18.3. The molecule has 0 spiro atoms. The van der Waals surface area contributed by atoms with Crippen molar-refractivity contribution in [1.29, 1.82) is 0 Å². The molecule has 6 nitrogen and oxygen atoms in total. The number of aliphatic carboxylic acids is 1. The van der Waals surface area contributed by atoms with E-state index < -0.39 is 11.9 Å². The Morgan fingerprint density at radius 1 is 0.962 bits per heavy atom. The molecular formula is C20H18N2O4. The summed E-state index contributed by atoms with van der Waals surface area (Å²) in [5, 5.41) is 12.3. The van der Waals surface area contributed by atoms with E-state index in [0.717, 1.165) is 12.8 Å². The Morgan fingerprint density at radius 3 is 2.27 bits per heavy atom. The highest BCUT2D eigenvalue weighted by molar-refractivity contribution is 6.09. The van der Waals surface area contributed by atoms with Crippen LogP contribution < -0.4 is 10.2 Å². The molecule has 2 amide bonds. The lowest BCUT2D eigenvalue weighted by Gasteiger charge is -2.17. The van der Waals surface area contributed by atoms with E-state index in [1.165, 1.54) is 4.90 Å². The van der Waals surface area contributed by atoms with Gasteiger partial charge in [0.2, 0.25) is 0 Å². The molecule has 1 unspecified atom stereocenters. The molecule has 1 saturated carbocycles. The average molecular weight is 350 g/mol. The van der Waals surface area contributed by atoms with E-state index in [9.17, 15) is 19.5 Å². The molecule has 26 heavy (non-hydrogen) atoms. The number of amides is 2. The van der Waals surface area contributed by atoms with E-state index in [1.807, 2.05) is 0 Å². The Labute approximate surface area is 150 Å². The topological polar surface area (TPSA) is 86.7 Å². The van der Waals surface area contributed by atoms with Gasteiger partial charge >= 0.3 is 5.97 Å². The van der Waals surface area contributed by atoms with Crippen LogP contribution in [0.15, 0.2) is 48.5 Å². The first-order valence-electron chi connectivity index (χ1n) is 8.59. The number of benzene rings is 2. The van der Waals surface area contributed by atoms with Gasteiger partial charge in [-0.3, -0.25) is 14.4 Å². The van der Waals surface area contributed by atoms with Gasteiger partial charge in [0, 0.05) is 29.4 Å². The van der Waals surface area contributed by atoms with Gasteiger partial charge in [0.05, 0.1) is 0 Å². The molecule has 2 aromatic carbocycles. The standard InChI is InChI=1S/C20H18N2O4/c23-18(21-14-9-10-14)12-5-7-13(8-6-12)19(24)22-11-16(20(25)26)15-3-1-2-4-17(15)22/h1-8,14,16H,9-11H2,(H,21,23)(H,25,26). The van der Waals surface area contributed by atoms with Gasteiger partial charge < -0.3 is 15.3 Å². The zero-order valence-corrected chi connectivity index (χ0v) is 14.0. The first-order valence-corrected chi connectivity index (χ1v) is 8.59. The number of rotatable bonds is 4. The number of carboxylic acid groups (broad SMARTS) is 1. The van der Waals surface area contributed by atoms with Crippen LogP contribution in [-0.2, 0) is 4.79 Å². The molecule has 0 aromatic heterocycles. The van der Waals surface area contributed by atoms with E-state index in [-0.39, 0.29) is 24.4 Å². The van der Waals surface area contributed by atoms with Crippen molar-refractivity contribution in [3.63, 3.8) is 0 Å². The lowest BCUT2D eigenvalue weighted by atomic mass is 10.0. The highest BCUT2D eigenvalue weighted by atomic mass is 16.4. The molecule has 1 aliphatic heterocycles. The number of carbonyl (C=O) groups excluding carboxylic acids is 2. The molecule has 6 heteroatoms. The summed E-state index contributed by atoms with van der Waals surface area (Å²) < 4.78 is 0. The molecule has 132 valence electrons. The van der Waals surface area contributed by atoms with Crippen molar-refractivity contribution in [1.82, 2.24) is 5.32 Å². The number of anilines is 1. The van der Waals surface area contributed by atoms with Crippen LogP contribution in [0.1, 0.15) is 45.0 Å². The average Bonchev–Trinajstić information content (AvgIpc) is 3.38. The Hall–Kier alpha value is -3.15. The third kappa shape index (κ3) is 2.94. The van der Waals surface area contributed by atoms with Crippen LogP contribution >= 0.6 is 0 Å². The van der Waals surface area contributed by atoms with Gasteiger partial charge in [-0.25, -0.2) is 0 Å². The molecule has 0 bridgehead atoms. The molecule has 1 aliphatic carbocycles. The molecule has 4 rings (SSSR count). The smallest absolute Gasteiger partial charge is 0.312 e. The molecule has 0 radical (unpaired) electrons. The van der Waals surface area contributed by atoms with Crippen LogP contribution in [0.5, 0.6) is 0 Å². The minimum atomic E-state index is -0.945.